The number of carbonyl (C=O) groups is 1. The number of benzene rings is 1. The molecule has 0 bridgehead atoms. The molecule has 3 rings (SSSR count). The van der Waals surface area contributed by atoms with Crippen LogP contribution < -0.4 is 16.0 Å². The molecular formula is C14H17Cl2N3O2. The minimum atomic E-state index is -0.161. The molecule has 1 aromatic carbocycles. The van der Waals surface area contributed by atoms with Crippen LogP contribution in [-0.4, -0.2) is 36.7 Å². The van der Waals surface area contributed by atoms with Gasteiger partial charge in [0.15, 0.2) is 0 Å². The van der Waals surface area contributed by atoms with Crippen LogP contribution in [0.25, 0.3) is 0 Å². The standard InChI is InChI=1S/C14H17Cl2N3O2/c15-9-1-2-11(20)12(13(9)16)10-3-7(4-18-10)14(21)19-8-5-17-6-8/h1-2,7-8,10,17-18,20H,3-6H2,(H,19,21)/t7?,10-/m0/s1. The number of phenolic OH excluding ortho intramolecular Hbond substituents is 1. The molecule has 2 aliphatic heterocycles. The van der Waals surface area contributed by atoms with Crippen molar-refractivity contribution >= 4 is 29.1 Å². The molecule has 1 amide bonds. The number of hydrogen-bond acceptors (Lipinski definition) is 4. The van der Waals surface area contributed by atoms with E-state index in [1.807, 2.05) is 0 Å². The SMILES string of the molecule is O=C(NC1CNC1)C1CN[C@H](c2c(O)ccc(Cl)c2Cl)C1. The van der Waals surface area contributed by atoms with E-state index in [2.05, 4.69) is 16.0 Å². The van der Waals surface area contributed by atoms with Crippen molar-refractivity contribution in [3.8, 4) is 5.75 Å². The van der Waals surface area contributed by atoms with Crippen molar-refractivity contribution in [2.24, 2.45) is 5.92 Å². The van der Waals surface area contributed by atoms with E-state index in [0.717, 1.165) is 13.1 Å². The average Bonchev–Trinajstić information content (AvgIpc) is 2.88. The minimum absolute atomic E-state index is 0.0501. The highest BCUT2D eigenvalue weighted by atomic mass is 35.5. The Labute approximate surface area is 133 Å². The number of halogens is 2. The first-order valence-electron chi connectivity index (χ1n) is 6.97. The van der Waals surface area contributed by atoms with E-state index < -0.39 is 0 Å². The lowest BCUT2D eigenvalue weighted by atomic mass is 9.98. The summed E-state index contributed by atoms with van der Waals surface area (Å²) in [5.41, 5.74) is 0.574. The molecular weight excluding hydrogens is 313 g/mol. The number of phenols is 1. The third-order valence-electron chi connectivity index (χ3n) is 4.09. The second-order valence-corrected chi connectivity index (χ2v) is 6.34. The summed E-state index contributed by atoms with van der Waals surface area (Å²) in [4.78, 5) is 12.2. The van der Waals surface area contributed by atoms with Gasteiger partial charge in [0.25, 0.3) is 0 Å². The van der Waals surface area contributed by atoms with Crippen molar-refractivity contribution < 1.29 is 9.90 Å². The fraction of sp³-hybridized carbons (Fsp3) is 0.500. The van der Waals surface area contributed by atoms with Gasteiger partial charge in [-0.25, -0.2) is 0 Å². The predicted octanol–water partition coefficient (Wildman–Crippen LogP) is 1.44. The molecule has 21 heavy (non-hydrogen) atoms. The normalized spacial score (nSPS) is 25.6. The summed E-state index contributed by atoms with van der Waals surface area (Å²) in [6.45, 7) is 2.23. The highest BCUT2D eigenvalue weighted by Crippen LogP contribution is 2.40. The first kappa shape index (κ1) is 14.9. The van der Waals surface area contributed by atoms with Gasteiger partial charge in [-0.1, -0.05) is 23.2 Å². The van der Waals surface area contributed by atoms with E-state index in [0.29, 0.717) is 28.6 Å². The fourth-order valence-corrected chi connectivity index (χ4v) is 3.21. The molecule has 7 heteroatoms. The summed E-state index contributed by atoms with van der Waals surface area (Å²) in [5.74, 6) is 0.0327. The lowest BCUT2D eigenvalue weighted by molar-refractivity contribution is -0.125. The third kappa shape index (κ3) is 2.97. The molecule has 0 saturated carbocycles. The number of hydrogen-bond donors (Lipinski definition) is 4. The molecule has 5 nitrogen and oxygen atoms in total. The van der Waals surface area contributed by atoms with Crippen LogP contribution in [0.3, 0.4) is 0 Å². The van der Waals surface area contributed by atoms with Crippen LogP contribution in [0.2, 0.25) is 10.0 Å². The maximum absolute atomic E-state index is 12.2. The number of carbonyl (C=O) groups excluding carboxylic acids is 1. The van der Waals surface area contributed by atoms with Crippen molar-refractivity contribution in [3.63, 3.8) is 0 Å². The number of amides is 1. The number of nitrogens with one attached hydrogen (secondary N) is 3. The van der Waals surface area contributed by atoms with Gasteiger partial charge in [0.1, 0.15) is 5.75 Å². The highest BCUT2D eigenvalue weighted by molar-refractivity contribution is 6.42. The lowest BCUT2D eigenvalue weighted by Gasteiger charge is -2.29. The Morgan fingerprint density at radius 2 is 2.05 bits per heavy atom. The summed E-state index contributed by atoms with van der Waals surface area (Å²) in [6, 6.07) is 3.16. The van der Waals surface area contributed by atoms with E-state index in [-0.39, 0.29) is 29.7 Å². The van der Waals surface area contributed by atoms with Gasteiger partial charge in [-0.15, -0.1) is 0 Å². The maximum atomic E-state index is 12.2. The van der Waals surface area contributed by atoms with Crippen LogP contribution in [0.4, 0.5) is 0 Å². The van der Waals surface area contributed by atoms with Gasteiger partial charge < -0.3 is 21.1 Å². The van der Waals surface area contributed by atoms with Crippen molar-refractivity contribution in [2.75, 3.05) is 19.6 Å². The van der Waals surface area contributed by atoms with E-state index in [1.165, 1.54) is 6.07 Å². The molecule has 1 unspecified atom stereocenters. The van der Waals surface area contributed by atoms with E-state index >= 15 is 0 Å². The van der Waals surface area contributed by atoms with Crippen molar-refractivity contribution in [1.82, 2.24) is 16.0 Å². The molecule has 2 atom stereocenters. The van der Waals surface area contributed by atoms with Gasteiger partial charge in [-0.3, -0.25) is 4.79 Å². The monoisotopic (exact) mass is 329 g/mol. The molecule has 0 spiro atoms. The lowest BCUT2D eigenvalue weighted by Crippen LogP contribution is -2.58. The van der Waals surface area contributed by atoms with E-state index in [1.54, 1.807) is 6.07 Å². The molecule has 2 aliphatic rings. The quantitative estimate of drug-likeness (QED) is 0.677. The van der Waals surface area contributed by atoms with E-state index in [9.17, 15) is 9.90 Å². The maximum Gasteiger partial charge on any atom is 0.224 e. The van der Waals surface area contributed by atoms with Gasteiger partial charge in [-0.05, 0) is 18.6 Å². The largest absolute Gasteiger partial charge is 0.508 e. The Morgan fingerprint density at radius 3 is 2.71 bits per heavy atom. The zero-order chi connectivity index (χ0) is 15.0. The topological polar surface area (TPSA) is 73.4 Å². The summed E-state index contributed by atoms with van der Waals surface area (Å²) >= 11 is 12.2. The van der Waals surface area contributed by atoms with Crippen molar-refractivity contribution in [3.05, 3.63) is 27.7 Å². The van der Waals surface area contributed by atoms with Gasteiger partial charge in [0.05, 0.1) is 22.0 Å². The highest BCUT2D eigenvalue weighted by Gasteiger charge is 2.34. The zero-order valence-corrected chi connectivity index (χ0v) is 12.8. The van der Waals surface area contributed by atoms with Gasteiger partial charge in [0.2, 0.25) is 5.91 Å². The summed E-state index contributed by atoms with van der Waals surface area (Å²) < 4.78 is 0. The Hall–Kier alpha value is -1.01. The van der Waals surface area contributed by atoms with Crippen molar-refractivity contribution in [2.45, 2.75) is 18.5 Å². The first-order valence-corrected chi connectivity index (χ1v) is 7.73. The fourth-order valence-electron chi connectivity index (χ4n) is 2.75. The number of rotatable bonds is 3. The summed E-state index contributed by atoms with van der Waals surface area (Å²) in [6.07, 6.45) is 0.597. The smallest absolute Gasteiger partial charge is 0.224 e. The van der Waals surface area contributed by atoms with Gasteiger partial charge >= 0.3 is 0 Å². The molecule has 114 valence electrons. The van der Waals surface area contributed by atoms with Gasteiger partial charge in [0, 0.05) is 31.2 Å². The summed E-state index contributed by atoms with van der Waals surface area (Å²) in [7, 11) is 0. The first-order chi connectivity index (χ1) is 10.1. The molecule has 2 fully saturated rings. The van der Waals surface area contributed by atoms with Crippen LogP contribution in [-0.2, 0) is 4.79 Å². The summed E-state index contributed by atoms with van der Waals surface area (Å²) in [5, 5.41) is 20.1. The van der Waals surface area contributed by atoms with Gasteiger partial charge in [-0.2, -0.15) is 0 Å². The van der Waals surface area contributed by atoms with Crippen molar-refractivity contribution in [1.29, 1.82) is 0 Å². The number of aromatic hydroxyl groups is 1. The molecule has 1 aromatic rings. The molecule has 0 aromatic heterocycles. The Balaban J connectivity index is 1.69. The molecule has 0 aliphatic carbocycles. The van der Waals surface area contributed by atoms with Crippen LogP contribution in [0.15, 0.2) is 12.1 Å². The molecule has 2 heterocycles. The molecule has 0 radical (unpaired) electrons. The molecule has 4 N–H and O–H groups in total. The van der Waals surface area contributed by atoms with Crippen LogP contribution in [0, 0.1) is 5.92 Å². The second kappa shape index (κ2) is 6.01. The van der Waals surface area contributed by atoms with Crippen LogP contribution >= 0.6 is 23.2 Å². The minimum Gasteiger partial charge on any atom is -0.508 e. The predicted molar refractivity (Wildman–Crippen MR) is 81.8 cm³/mol. The third-order valence-corrected chi connectivity index (χ3v) is 4.91. The Kier molecular flexibility index (Phi) is 4.26. The zero-order valence-electron chi connectivity index (χ0n) is 11.3. The average molecular weight is 330 g/mol. The molecule has 2 saturated heterocycles. The second-order valence-electron chi connectivity index (χ2n) is 5.55. The van der Waals surface area contributed by atoms with Crippen LogP contribution in [0.5, 0.6) is 5.75 Å². The van der Waals surface area contributed by atoms with Crippen LogP contribution in [0.1, 0.15) is 18.0 Å². The Bertz CT molecular complexity index is 563. The Morgan fingerprint density at radius 1 is 1.29 bits per heavy atom. The van der Waals surface area contributed by atoms with E-state index in [4.69, 9.17) is 23.2 Å².